The molecule has 2 aromatic heterocycles. The molecule has 0 aliphatic heterocycles. The Bertz CT molecular complexity index is 602. The molecule has 0 spiro atoms. The number of carboxylic acid groups (broad SMARTS) is 1. The van der Waals surface area contributed by atoms with Crippen molar-refractivity contribution in [1.29, 1.82) is 0 Å². The van der Waals surface area contributed by atoms with Crippen LogP contribution in [-0.2, 0) is 0 Å². The van der Waals surface area contributed by atoms with E-state index in [1.165, 1.54) is 18.5 Å². The molecule has 0 aliphatic carbocycles. The van der Waals surface area contributed by atoms with E-state index in [9.17, 15) is 4.79 Å². The van der Waals surface area contributed by atoms with Crippen molar-refractivity contribution in [2.24, 2.45) is 0 Å². The average molecular weight is 309 g/mol. The molecule has 2 heterocycles. The molecule has 0 bridgehead atoms. The SMILES string of the molecule is Cc1cnc(Oc2cnccc2C(=O)O)c(Br)c1. The first-order valence-electron chi connectivity index (χ1n) is 5.05. The molecule has 0 radical (unpaired) electrons. The number of pyridine rings is 2. The average Bonchev–Trinajstić information content (AvgIpc) is 2.33. The lowest BCUT2D eigenvalue weighted by atomic mass is 10.2. The Morgan fingerprint density at radius 1 is 1.44 bits per heavy atom. The maximum Gasteiger partial charge on any atom is 0.339 e. The van der Waals surface area contributed by atoms with Gasteiger partial charge in [-0.1, -0.05) is 0 Å². The first-order valence-corrected chi connectivity index (χ1v) is 5.84. The fraction of sp³-hybridized carbons (Fsp3) is 0.0833. The summed E-state index contributed by atoms with van der Waals surface area (Å²) in [5.41, 5.74) is 1.01. The minimum Gasteiger partial charge on any atom is -0.478 e. The zero-order valence-corrected chi connectivity index (χ0v) is 11.0. The highest BCUT2D eigenvalue weighted by Crippen LogP contribution is 2.29. The van der Waals surface area contributed by atoms with Crippen LogP contribution in [0.1, 0.15) is 15.9 Å². The fourth-order valence-corrected chi connectivity index (χ4v) is 1.88. The predicted octanol–water partition coefficient (Wildman–Crippen LogP) is 3.04. The Kier molecular flexibility index (Phi) is 3.57. The number of carbonyl (C=O) groups is 1. The van der Waals surface area contributed by atoms with Crippen molar-refractivity contribution >= 4 is 21.9 Å². The number of rotatable bonds is 3. The molecular formula is C12H9BrN2O3. The van der Waals surface area contributed by atoms with Gasteiger partial charge >= 0.3 is 5.97 Å². The second kappa shape index (κ2) is 5.14. The monoisotopic (exact) mass is 308 g/mol. The molecule has 0 amide bonds. The van der Waals surface area contributed by atoms with Gasteiger partial charge in [0, 0.05) is 12.4 Å². The number of ether oxygens (including phenoxy) is 1. The van der Waals surface area contributed by atoms with Crippen LogP contribution in [0.5, 0.6) is 11.6 Å². The van der Waals surface area contributed by atoms with Crippen LogP contribution in [-0.4, -0.2) is 21.0 Å². The summed E-state index contributed by atoms with van der Waals surface area (Å²) < 4.78 is 6.11. The van der Waals surface area contributed by atoms with Crippen LogP contribution in [0.4, 0.5) is 0 Å². The van der Waals surface area contributed by atoms with Gasteiger partial charge in [-0.05, 0) is 40.5 Å². The second-order valence-corrected chi connectivity index (χ2v) is 4.43. The number of nitrogens with zero attached hydrogens (tertiary/aromatic N) is 2. The first-order chi connectivity index (χ1) is 8.58. The number of aromatic carboxylic acids is 1. The standard InChI is InChI=1S/C12H9BrN2O3/c1-7-4-9(13)11(15-5-7)18-10-6-14-3-2-8(10)12(16)17/h2-6H,1H3,(H,16,17). The van der Waals surface area contributed by atoms with Crippen LogP contribution in [0.15, 0.2) is 35.2 Å². The Labute approximate surface area is 112 Å². The molecule has 6 heteroatoms. The summed E-state index contributed by atoms with van der Waals surface area (Å²) in [5, 5.41) is 9.02. The number of aryl methyl sites for hydroxylation is 1. The number of carboxylic acids is 1. The summed E-state index contributed by atoms with van der Waals surface area (Å²) in [6, 6.07) is 3.21. The first kappa shape index (κ1) is 12.5. The molecular weight excluding hydrogens is 300 g/mol. The van der Waals surface area contributed by atoms with Gasteiger partial charge in [-0.3, -0.25) is 4.98 Å². The zero-order valence-electron chi connectivity index (χ0n) is 9.42. The Balaban J connectivity index is 2.37. The third-order valence-electron chi connectivity index (χ3n) is 2.17. The number of hydrogen-bond donors (Lipinski definition) is 1. The number of aromatic nitrogens is 2. The lowest BCUT2D eigenvalue weighted by Crippen LogP contribution is -2.01. The molecule has 0 atom stereocenters. The number of halogens is 1. The minimum atomic E-state index is -1.07. The molecule has 18 heavy (non-hydrogen) atoms. The van der Waals surface area contributed by atoms with Gasteiger partial charge in [0.05, 0.1) is 10.7 Å². The molecule has 0 aliphatic rings. The lowest BCUT2D eigenvalue weighted by Gasteiger charge is -2.08. The predicted molar refractivity (Wildman–Crippen MR) is 67.9 cm³/mol. The molecule has 0 aromatic carbocycles. The molecule has 1 N–H and O–H groups in total. The van der Waals surface area contributed by atoms with E-state index in [0.29, 0.717) is 10.4 Å². The van der Waals surface area contributed by atoms with E-state index in [0.717, 1.165) is 5.56 Å². The second-order valence-electron chi connectivity index (χ2n) is 3.58. The molecule has 92 valence electrons. The van der Waals surface area contributed by atoms with Crippen molar-refractivity contribution in [1.82, 2.24) is 9.97 Å². The molecule has 0 saturated heterocycles. The molecule has 0 unspecified atom stereocenters. The van der Waals surface area contributed by atoms with Crippen molar-refractivity contribution in [2.75, 3.05) is 0 Å². The summed E-state index contributed by atoms with van der Waals surface area (Å²) in [4.78, 5) is 18.9. The maximum absolute atomic E-state index is 11.0. The van der Waals surface area contributed by atoms with Gasteiger partial charge in [-0.15, -0.1) is 0 Å². The third-order valence-corrected chi connectivity index (χ3v) is 2.73. The largest absolute Gasteiger partial charge is 0.478 e. The molecule has 2 aromatic rings. The third kappa shape index (κ3) is 2.65. The van der Waals surface area contributed by atoms with Gasteiger partial charge in [-0.25, -0.2) is 9.78 Å². The Hall–Kier alpha value is -1.95. The smallest absolute Gasteiger partial charge is 0.339 e. The van der Waals surface area contributed by atoms with Crippen molar-refractivity contribution in [3.63, 3.8) is 0 Å². The van der Waals surface area contributed by atoms with Gasteiger partial charge in [0.25, 0.3) is 0 Å². The summed E-state index contributed by atoms with van der Waals surface area (Å²) in [5.74, 6) is -0.617. The quantitative estimate of drug-likeness (QED) is 0.943. The van der Waals surface area contributed by atoms with Gasteiger partial charge in [0.1, 0.15) is 5.56 Å². The zero-order chi connectivity index (χ0) is 13.1. The van der Waals surface area contributed by atoms with Crippen molar-refractivity contribution < 1.29 is 14.6 Å². The lowest BCUT2D eigenvalue weighted by molar-refractivity contribution is 0.0694. The van der Waals surface area contributed by atoms with Crippen molar-refractivity contribution in [2.45, 2.75) is 6.92 Å². The normalized spacial score (nSPS) is 10.1. The van der Waals surface area contributed by atoms with Crippen molar-refractivity contribution in [3.05, 3.63) is 46.3 Å². The highest BCUT2D eigenvalue weighted by Gasteiger charge is 2.13. The highest BCUT2D eigenvalue weighted by atomic mass is 79.9. The molecule has 5 nitrogen and oxygen atoms in total. The van der Waals surface area contributed by atoms with E-state index in [4.69, 9.17) is 9.84 Å². The van der Waals surface area contributed by atoms with E-state index < -0.39 is 5.97 Å². The van der Waals surface area contributed by atoms with E-state index in [-0.39, 0.29) is 11.3 Å². The summed E-state index contributed by atoms with van der Waals surface area (Å²) in [6.07, 6.45) is 4.38. The minimum absolute atomic E-state index is 0.0410. The van der Waals surface area contributed by atoms with Crippen molar-refractivity contribution in [3.8, 4) is 11.6 Å². The van der Waals surface area contributed by atoms with Gasteiger partial charge < -0.3 is 9.84 Å². The highest BCUT2D eigenvalue weighted by molar-refractivity contribution is 9.10. The van der Waals surface area contributed by atoms with Crippen LogP contribution < -0.4 is 4.74 Å². The van der Waals surface area contributed by atoms with Gasteiger partial charge in [0.15, 0.2) is 5.75 Å². The van der Waals surface area contributed by atoms with Crippen LogP contribution in [0, 0.1) is 6.92 Å². The maximum atomic E-state index is 11.0. The van der Waals surface area contributed by atoms with Crippen LogP contribution >= 0.6 is 15.9 Å². The summed E-state index contributed by atoms with van der Waals surface area (Å²) >= 11 is 3.31. The topological polar surface area (TPSA) is 72.3 Å². The van der Waals surface area contributed by atoms with Crippen LogP contribution in [0.25, 0.3) is 0 Å². The van der Waals surface area contributed by atoms with E-state index in [1.54, 1.807) is 6.20 Å². The van der Waals surface area contributed by atoms with E-state index >= 15 is 0 Å². The number of hydrogen-bond acceptors (Lipinski definition) is 4. The van der Waals surface area contributed by atoms with Crippen LogP contribution in [0.2, 0.25) is 0 Å². The van der Waals surface area contributed by atoms with E-state index in [2.05, 4.69) is 25.9 Å². The Morgan fingerprint density at radius 2 is 2.22 bits per heavy atom. The Morgan fingerprint density at radius 3 is 2.89 bits per heavy atom. The molecule has 0 saturated carbocycles. The van der Waals surface area contributed by atoms with Gasteiger partial charge in [-0.2, -0.15) is 0 Å². The van der Waals surface area contributed by atoms with Gasteiger partial charge in [0.2, 0.25) is 5.88 Å². The summed E-state index contributed by atoms with van der Waals surface area (Å²) in [6.45, 7) is 1.90. The molecule has 0 fully saturated rings. The molecule has 2 rings (SSSR count). The summed E-state index contributed by atoms with van der Waals surface area (Å²) in [7, 11) is 0. The van der Waals surface area contributed by atoms with E-state index in [1.807, 2.05) is 13.0 Å². The van der Waals surface area contributed by atoms with Crippen LogP contribution in [0.3, 0.4) is 0 Å². The fourth-order valence-electron chi connectivity index (χ4n) is 1.34.